The number of rotatable bonds is 5. The summed E-state index contributed by atoms with van der Waals surface area (Å²) >= 11 is 6.00. The lowest BCUT2D eigenvalue weighted by atomic mass is 10.0. The summed E-state index contributed by atoms with van der Waals surface area (Å²) in [6.07, 6.45) is 1.46. The van der Waals surface area contributed by atoms with Gasteiger partial charge in [-0.15, -0.1) is 0 Å². The molecule has 0 bridgehead atoms. The number of aryl methyl sites for hydroxylation is 2. The van der Waals surface area contributed by atoms with E-state index in [9.17, 15) is 4.79 Å². The maximum Gasteiger partial charge on any atom is 0.303 e. The second kappa shape index (κ2) is 5.75. The molecule has 0 radical (unpaired) electrons. The number of carbonyl (C=O) groups is 1. The molecule has 1 rings (SSSR count). The maximum absolute atomic E-state index is 10.5. The lowest BCUT2D eigenvalue weighted by molar-refractivity contribution is -0.136. The molecule has 0 saturated carbocycles. The third-order valence-electron chi connectivity index (χ3n) is 2.46. The van der Waals surface area contributed by atoms with Crippen LogP contribution in [0.5, 0.6) is 5.75 Å². The van der Waals surface area contributed by atoms with Crippen LogP contribution in [0.15, 0.2) is 12.1 Å². The van der Waals surface area contributed by atoms with Gasteiger partial charge in [0.2, 0.25) is 0 Å². The summed E-state index contributed by atoms with van der Waals surface area (Å²) in [5, 5.41) is 9.18. The summed E-state index contributed by atoms with van der Waals surface area (Å²) in [7, 11) is 1.57. The van der Waals surface area contributed by atoms with E-state index >= 15 is 0 Å². The van der Waals surface area contributed by atoms with Crippen LogP contribution >= 0.6 is 11.6 Å². The van der Waals surface area contributed by atoms with Gasteiger partial charge in [0.25, 0.3) is 0 Å². The van der Waals surface area contributed by atoms with Crippen molar-refractivity contribution in [3.05, 3.63) is 28.3 Å². The van der Waals surface area contributed by atoms with Crippen molar-refractivity contribution in [2.75, 3.05) is 7.11 Å². The zero-order valence-electron chi connectivity index (χ0n) is 9.42. The standard InChI is InChI=1S/C12H15ClO3/c1-3-8-7-11(16-2)10(13)6-9(8)4-5-12(14)15/h6-7H,3-5H2,1-2H3,(H,14,15). The molecule has 16 heavy (non-hydrogen) atoms. The summed E-state index contributed by atoms with van der Waals surface area (Å²) in [6, 6.07) is 3.67. The van der Waals surface area contributed by atoms with Gasteiger partial charge in [0.1, 0.15) is 5.75 Å². The van der Waals surface area contributed by atoms with E-state index in [1.807, 2.05) is 13.0 Å². The molecule has 4 heteroatoms. The van der Waals surface area contributed by atoms with Crippen molar-refractivity contribution in [3.8, 4) is 5.75 Å². The zero-order chi connectivity index (χ0) is 12.1. The number of halogens is 1. The Morgan fingerprint density at radius 1 is 1.44 bits per heavy atom. The molecule has 0 fully saturated rings. The molecule has 0 saturated heterocycles. The first kappa shape index (κ1) is 12.8. The van der Waals surface area contributed by atoms with E-state index in [0.29, 0.717) is 17.2 Å². The topological polar surface area (TPSA) is 46.5 Å². The summed E-state index contributed by atoms with van der Waals surface area (Å²) in [6.45, 7) is 2.02. The molecular formula is C12H15ClO3. The predicted octanol–water partition coefficient (Wildman–Crippen LogP) is 2.93. The zero-order valence-corrected chi connectivity index (χ0v) is 10.2. The van der Waals surface area contributed by atoms with Crippen molar-refractivity contribution in [2.45, 2.75) is 26.2 Å². The van der Waals surface area contributed by atoms with Gasteiger partial charge in [-0.2, -0.15) is 0 Å². The van der Waals surface area contributed by atoms with E-state index in [4.69, 9.17) is 21.4 Å². The largest absolute Gasteiger partial charge is 0.495 e. The highest BCUT2D eigenvalue weighted by atomic mass is 35.5. The molecule has 0 aliphatic heterocycles. The number of ether oxygens (including phenoxy) is 1. The fourth-order valence-electron chi connectivity index (χ4n) is 1.60. The van der Waals surface area contributed by atoms with Gasteiger partial charge < -0.3 is 9.84 Å². The van der Waals surface area contributed by atoms with Gasteiger partial charge in [-0.05, 0) is 36.1 Å². The normalized spacial score (nSPS) is 10.2. The summed E-state index contributed by atoms with van der Waals surface area (Å²) < 4.78 is 5.12. The van der Waals surface area contributed by atoms with Crippen molar-refractivity contribution in [3.63, 3.8) is 0 Å². The fourth-order valence-corrected chi connectivity index (χ4v) is 1.86. The quantitative estimate of drug-likeness (QED) is 0.864. The summed E-state index contributed by atoms with van der Waals surface area (Å²) in [5.41, 5.74) is 2.07. The van der Waals surface area contributed by atoms with Crippen molar-refractivity contribution in [1.29, 1.82) is 0 Å². The fraction of sp³-hybridized carbons (Fsp3) is 0.417. The van der Waals surface area contributed by atoms with E-state index in [1.54, 1.807) is 13.2 Å². The number of benzene rings is 1. The molecule has 1 N–H and O–H groups in total. The first-order valence-electron chi connectivity index (χ1n) is 5.15. The van der Waals surface area contributed by atoms with Crippen LogP contribution in [0.1, 0.15) is 24.5 Å². The van der Waals surface area contributed by atoms with E-state index in [0.717, 1.165) is 17.5 Å². The second-order valence-electron chi connectivity index (χ2n) is 3.50. The molecule has 3 nitrogen and oxygen atoms in total. The Morgan fingerprint density at radius 3 is 2.62 bits per heavy atom. The monoisotopic (exact) mass is 242 g/mol. The summed E-state index contributed by atoms with van der Waals surface area (Å²) in [5.74, 6) is -0.161. The Kier molecular flexibility index (Phi) is 4.62. The molecular weight excluding hydrogens is 228 g/mol. The first-order valence-corrected chi connectivity index (χ1v) is 5.53. The Balaban J connectivity index is 2.98. The van der Waals surface area contributed by atoms with E-state index in [-0.39, 0.29) is 6.42 Å². The van der Waals surface area contributed by atoms with Crippen LogP contribution in [-0.4, -0.2) is 18.2 Å². The van der Waals surface area contributed by atoms with E-state index < -0.39 is 5.97 Å². The van der Waals surface area contributed by atoms with Crippen molar-refractivity contribution in [1.82, 2.24) is 0 Å². The maximum atomic E-state index is 10.5. The lowest BCUT2D eigenvalue weighted by Gasteiger charge is -2.11. The summed E-state index contributed by atoms with van der Waals surface area (Å²) in [4.78, 5) is 10.5. The molecule has 0 aliphatic carbocycles. The van der Waals surface area contributed by atoms with E-state index in [1.165, 1.54) is 0 Å². The molecule has 0 atom stereocenters. The highest BCUT2D eigenvalue weighted by molar-refractivity contribution is 6.32. The molecule has 0 aliphatic rings. The second-order valence-corrected chi connectivity index (χ2v) is 3.91. The molecule has 1 aromatic rings. The Hall–Kier alpha value is -1.22. The van der Waals surface area contributed by atoms with Crippen LogP contribution in [0, 0.1) is 0 Å². The lowest BCUT2D eigenvalue weighted by Crippen LogP contribution is -2.01. The number of carboxylic acid groups (broad SMARTS) is 1. The van der Waals surface area contributed by atoms with Gasteiger partial charge >= 0.3 is 5.97 Å². The highest BCUT2D eigenvalue weighted by Gasteiger charge is 2.09. The minimum atomic E-state index is -0.797. The molecule has 0 spiro atoms. The van der Waals surface area contributed by atoms with Gasteiger partial charge in [0.15, 0.2) is 0 Å². The third-order valence-corrected chi connectivity index (χ3v) is 2.76. The Labute approximate surface area is 100.0 Å². The van der Waals surface area contributed by atoms with Crippen LogP contribution in [0.25, 0.3) is 0 Å². The van der Waals surface area contributed by atoms with E-state index in [2.05, 4.69) is 0 Å². The predicted molar refractivity (Wildman–Crippen MR) is 63.3 cm³/mol. The smallest absolute Gasteiger partial charge is 0.303 e. The number of carboxylic acids is 1. The highest BCUT2D eigenvalue weighted by Crippen LogP contribution is 2.29. The molecule has 0 amide bonds. The average molecular weight is 243 g/mol. The molecule has 0 unspecified atom stereocenters. The minimum absolute atomic E-state index is 0.121. The van der Waals surface area contributed by atoms with Crippen LogP contribution in [0.4, 0.5) is 0 Å². The molecule has 88 valence electrons. The van der Waals surface area contributed by atoms with Crippen LogP contribution in [0.2, 0.25) is 5.02 Å². The van der Waals surface area contributed by atoms with Crippen molar-refractivity contribution >= 4 is 17.6 Å². The molecule has 1 aromatic carbocycles. The number of methoxy groups -OCH3 is 1. The SMILES string of the molecule is CCc1cc(OC)c(Cl)cc1CCC(=O)O. The van der Waals surface area contributed by atoms with Gasteiger partial charge in [0.05, 0.1) is 12.1 Å². The number of hydrogen-bond donors (Lipinski definition) is 1. The molecule has 0 heterocycles. The van der Waals surface area contributed by atoms with Crippen LogP contribution in [0.3, 0.4) is 0 Å². The van der Waals surface area contributed by atoms with Gasteiger partial charge in [-0.3, -0.25) is 4.79 Å². The molecule has 0 aromatic heterocycles. The van der Waals surface area contributed by atoms with Crippen molar-refractivity contribution < 1.29 is 14.6 Å². The van der Waals surface area contributed by atoms with Gasteiger partial charge in [0, 0.05) is 6.42 Å². The van der Waals surface area contributed by atoms with Crippen LogP contribution in [-0.2, 0) is 17.6 Å². The Bertz CT molecular complexity index is 388. The average Bonchev–Trinajstić information content (AvgIpc) is 2.26. The van der Waals surface area contributed by atoms with Gasteiger partial charge in [-0.1, -0.05) is 18.5 Å². The van der Waals surface area contributed by atoms with Gasteiger partial charge in [-0.25, -0.2) is 0 Å². The van der Waals surface area contributed by atoms with Crippen molar-refractivity contribution in [2.24, 2.45) is 0 Å². The number of aliphatic carboxylic acids is 1. The Morgan fingerprint density at radius 2 is 2.12 bits per heavy atom. The minimum Gasteiger partial charge on any atom is -0.495 e. The third kappa shape index (κ3) is 3.14. The van der Waals surface area contributed by atoms with Crippen LogP contribution < -0.4 is 4.74 Å². The first-order chi connectivity index (χ1) is 7.58. The number of hydrogen-bond acceptors (Lipinski definition) is 2.